The number of urea groups is 1. The molecule has 3 unspecified atom stereocenters. The summed E-state index contributed by atoms with van der Waals surface area (Å²) < 4.78 is 0. The van der Waals surface area contributed by atoms with Gasteiger partial charge in [-0.1, -0.05) is 12.8 Å². The van der Waals surface area contributed by atoms with Crippen molar-refractivity contribution in [3.05, 3.63) is 0 Å². The molecule has 0 spiro atoms. The van der Waals surface area contributed by atoms with Gasteiger partial charge in [0.1, 0.15) is 6.04 Å². The number of aliphatic carboxylic acids is 1. The van der Waals surface area contributed by atoms with Crippen LogP contribution >= 0.6 is 11.8 Å². The molecule has 0 heterocycles. The zero-order valence-electron chi connectivity index (χ0n) is 12.1. The van der Waals surface area contributed by atoms with Crippen LogP contribution in [0.2, 0.25) is 0 Å². The molecule has 0 bridgehead atoms. The molecule has 1 rings (SSSR count). The van der Waals surface area contributed by atoms with Gasteiger partial charge >= 0.3 is 12.0 Å². The van der Waals surface area contributed by atoms with Crippen LogP contribution in [0.4, 0.5) is 4.79 Å². The molecule has 0 saturated heterocycles. The Kier molecular flexibility index (Phi) is 7.35. The average Bonchev–Trinajstić information content (AvgIpc) is 2.43. The maximum atomic E-state index is 11.9. The fourth-order valence-electron chi connectivity index (χ4n) is 2.46. The Bertz CT molecular complexity index is 392. The third-order valence-corrected chi connectivity index (χ3v) is 4.77. The summed E-state index contributed by atoms with van der Waals surface area (Å²) in [5.41, 5.74) is 4.99. The maximum absolute atomic E-state index is 11.9. The first-order valence-corrected chi connectivity index (χ1v) is 8.33. The van der Waals surface area contributed by atoms with Gasteiger partial charge in [-0.15, -0.1) is 0 Å². The molecule has 1 fully saturated rings. The lowest BCUT2D eigenvalue weighted by atomic mass is 9.95. The molecule has 7 nitrogen and oxygen atoms in total. The fraction of sp³-hybridized carbons (Fsp3) is 0.769. The van der Waals surface area contributed by atoms with Crippen molar-refractivity contribution in [1.82, 2.24) is 10.6 Å². The number of carbonyl (C=O) groups is 3. The standard InChI is InChI=1S/C13H23N3O4S/c1-21-10-5-3-2-4-8(10)15-13(20)16-9(12(18)19)6-7-11(14)17/h8-10H,2-7H2,1H3,(H2,14,17)(H,18,19)(H2,15,16,20). The van der Waals surface area contributed by atoms with Crippen LogP contribution in [-0.4, -0.2) is 46.6 Å². The molecular formula is C13H23N3O4S. The van der Waals surface area contributed by atoms with Crippen LogP contribution < -0.4 is 16.4 Å². The van der Waals surface area contributed by atoms with E-state index in [4.69, 9.17) is 10.8 Å². The van der Waals surface area contributed by atoms with Crippen LogP contribution in [0.3, 0.4) is 0 Å². The van der Waals surface area contributed by atoms with Gasteiger partial charge in [0.15, 0.2) is 0 Å². The van der Waals surface area contributed by atoms with E-state index in [1.54, 1.807) is 11.8 Å². The van der Waals surface area contributed by atoms with Gasteiger partial charge in [0.05, 0.1) is 0 Å². The van der Waals surface area contributed by atoms with E-state index in [9.17, 15) is 14.4 Å². The van der Waals surface area contributed by atoms with Crippen molar-refractivity contribution >= 4 is 29.7 Å². The number of carbonyl (C=O) groups excluding carboxylic acids is 2. The molecule has 0 aromatic rings. The van der Waals surface area contributed by atoms with E-state index < -0.39 is 23.9 Å². The fourth-order valence-corrected chi connectivity index (χ4v) is 3.39. The number of hydrogen-bond donors (Lipinski definition) is 4. The Morgan fingerprint density at radius 3 is 2.57 bits per heavy atom. The lowest BCUT2D eigenvalue weighted by molar-refractivity contribution is -0.139. The first-order valence-electron chi connectivity index (χ1n) is 7.05. The lowest BCUT2D eigenvalue weighted by Gasteiger charge is -2.31. The van der Waals surface area contributed by atoms with Crippen LogP contribution in [0.5, 0.6) is 0 Å². The highest BCUT2D eigenvalue weighted by molar-refractivity contribution is 7.99. The number of primary amides is 1. The number of nitrogens with one attached hydrogen (secondary N) is 2. The van der Waals surface area contributed by atoms with Gasteiger partial charge in [0.25, 0.3) is 0 Å². The smallest absolute Gasteiger partial charge is 0.326 e. The number of amides is 3. The van der Waals surface area contributed by atoms with Gasteiger partial charge in [-0.3, -0.25) is 4.79 Å². The first-order chi connectivity index (χ1) is 9.93. The Hall–Kier alpha value is -1.44. The van der Waals surface area contributed by atoms with Gasteiger partial charge in [-0.25, -0.2) is 9.59 Å². The Balaban J connectivity index is 2.48. The minimum atomic E-state index is -1.17. The zero-order valence-corrected chi connectivity index (χ0v) is 12.9. The predicted octanol–water partition coefficient (Wildman–Crippen LogP) is 0.679. The number of carboxylic acids is 1. The van der Waals surface area contributed by atoms with E-state index in [1.165, 1.54) is 0 Å². The normalized spacial score (nSPS) is 23.1. The Morgan fingerprint density at radius 1 is 1.33 bits per heavy atom. The molecule has 3 amide bonds. The number of thioether (sulfide) groups is 1. The number of nitrogens with two attached hydrogens (primary N) is 1. The van der Waals surface area contributed by atoms with Crippen LogP contribution in [0.1, 0.15) is 38.5 Å². The summed E-state index contributed by atoms with van der Waals surface area (Å²) in [6, 6.07) is -1.55. The van der Waals surface area contributed by atoms with E-state index in [2.05, 4.69) is 10.6 Å². The molecule has 1 aliphatic rings. The highest BCUT2D eigenvalue weighted by atomic mass is 32.2. The largest absolute Gasteiger partial charge is 0.480 e. The second-order valence-corrected chi connectivity index (χ2v) is 6.26. The summed E-state index contributed by atoms with van der Waals surface area (Å²) >= 11 is 1.72. The van der Waals surface area contributed by atoms with Crippen molar-refractivity contribution in [2.75, 3.05) is 6.26 Å². The minimum Gasteiger partial charge on any atom is -0.480 e. The van der Waals surface area contributed by atoms with Crippen molar-refractivity contribution in [3.63, 3.8) is 0 Å². The molecule has 0 aliphatic heterocycles. The second-order valence-electron chi connectivity index (χ2n) is 5.18. The van der Waals surface area contributed by atoms with Crippen molar-refractivity contribution < 1.29 is 19.5 Å². The SMILES string of the molecule is CSC1CCCCC1NC(=O)NC(CCC(N)=O)C(=O)O. The summed E-state index contributed by atoms with van der Waals surface area (Å²) in [5.74, 6) is -1.75. The van der Waals surface area contributed by atoms with Crippen molar-refractivity contribution in [2.45, 2.75) is 55.9 Å². The van der Waals surface area contributed by atoms with Gasteiger partial charge in [-0.05, 0) is 25.5 Å². The molecule has 0 aromatic carbocycles. The highest BCUT2D eigenvalue weighted by Gasteiger charge is 2.27. The highest BCUT2D eigenvalue weighted by Crippen LogP contribution is 2.27. The third-order valence-electron chi connectivity index (χ3n) is 3.60. The van der Waals surface area contributed by atoms with Crippen molar-refractivity contribution in [2.24, 2.45) is 5.73 Å². The molecule has 0 aromatic heterocycles. The molecule has 8 heteroatoms. The zero-order chi connectivity index (χ0) is 15.8. The van der Waals surface area contributed by atoms with Crippen LogP contribution in [-0.2, 0) is 9.59 Å². The third kappa shape index (κ3) is 6.24. The van der Waals surface area contributed by atoms with Crippen molar-refractivity contribution in [3.8, 4) is 0 Å². The van der Waals surface area contributed by atoms with Gasteiger partial charge < -0.3 is 21.5 Å². The molecule has 1 saturated carbocycles. The molecular weight excluding hydrogens is 294 g/mol. The number of carboxylic acid groups (broad SMARTS) is 1. The summed E-state index contributed by atoms with van der Waals surface area (Å²) in [5, 5.41) is 14.6. The summed E-state index contributed by atoms with van der Waals surface area (Å²) in [7, 11) is 0. The van der Waals surface area contributed by atoms with E-state index in [0.29, 0.717) is 5.25 Å². The van der Waals surface area contributed by atoms with E-state index in [-0.39, 0.29) is 18.9 Å². The van der Waals surface area contributed by atoms with Crippen LogP contribution in [0, 0.1) is 0 Å². The summed E-state index contributed by atoms with van der Waals surface area (Å²) in [6.45, 7) is 0. The second kappa shape index (κ2) is 8.76. The Morgan fingerprint density at radius 2 is 2.00 bits per heavy atom. The van der Waals surface area contributed by atoms with E-state index in [1.807, 2.05) is 6.26 Å². The minimum absolute atomic E-state index is 0.00525. The quantitative estimate of drug-likeness (QED) is 0.550. The van der Waals surface area contributed by atoms with Crippen molar-refractivity contribution in [1.29, 1.82) is 0 Å². The lowest BCUT2D eigenvalue weighted by Crippen LogP contribution is -2.52. The average molecular weight is 317 g/mol. The maximum Gasteiger partial charge on any atom is 0.326 e. The van der Waals surface area contributed by atoms with Crippen LogP contribution in [0.25, 0.3) is 0 Å². The molecule has 1 aliphatic carbocycles. The van der Waals surface area contributed by atoms with Crippen LogP contribution in [0.15, 0.2) is 0 Å². The Labute approximate surface area is 128 Å². The van der Waals surface area contributed by atoms with Gasteiger partial charge in [0.2, 0.25) is 5.91 Å². The monoisotopic (exact) mass is 317 g/mol. The molecule has 120 valence electrons. The molecule has 0 radical (unpaired) electrons. The predicted molar refractivity (Wildman–Crippen MR) is 81.1 cm³/mol. The van der Waals surface area contributed by atoms with Gasteiger partial charge in [-0.2, -0.15) is 11.8 Å². The summed E-state index contributed by atoms with van der Waals surface area (Å²) in [4.78, 5) is 33.7. The first kappa shape index (κ1) is 17.6. The van der Waals surface area contributed by atoms with E-state index in [0.717, 1.165) is 25.7 Å². The molecule has 21 heavy (non-hydrogen) atoms. The topological polar surface area (TPSA) is 122 Å². The summed E-state index contributed by atoms with van der Waals surface area (Å²) in [6.07, 6.45) is 6.10. The van der Waals surface area contributed by atoms with Gasteiger partial charge in [0, 0.05) is 17.7 Å². The number of rotatable bonds is 7. The molecule has 3 atom stereocenters. The molecule has 5 N–H and O–H groups in total. The van der Waals surface area contributed by atoms with E-state index >= 15 is 0 Å². The number of hydrogen-bond acceptors (Lipinski definition) is 4.